The number of nitrogens with zero attached hydrogens (tertiary/aromatic N) is 2. The maximum absolute atomic E-state index is 13.3. The van der Waals surface area contributed by atoms with Gasteiger partial charge in [-0.3, -0.25) is 14.5 Å². The number of carbonyl (C=O) groups is 1. The number of benzene rings is 1. The quantitative estimate of drug-likeness (QED) is 0.464. The summed E-state index contributed by atoms with van der Waals surface area (Å²) in [5.41, 5.74) is -1.04. The number of sulfonamides is 1. The first-order valence-corrected chi connectivity index (χ1v) is 12.7. The predicted molar refractivity (Wildman–Crippen MR) is 124 cm³/mol. The zero-order valence-electron chi connectivity index (χ0n) is 18.2. The zero-order chi connectivity index (χ0) is 24.7. The lowest BCUT2D eigenvalue weighted by Crippen LogP contribution is -2.35. The molecule has 34 heavy (non-hydrogen) atoms. The third-order valence-corrected chi connectivity index (χ3v) is 8.15. The van der Waals surface area contributed by atoms with E-state index < -0.39 is 38.5 Å². The van der Waals surface area contributed by atoms with Gasteiger partial charge in [-0.1, -0.05) is 18.2 Å². The van der Waals surface area contributed by atoms with E-state index >= 15 is 0 Å². The van der Waals surface area contributed by atoms with Crippen LogP contribution in [0.4, 0.5) is 24.0 Å². The maximum Gasteiger partial charge on any atom is 0.433 e. The molecule has 0 spiro atoms. The summed E-state index contributed by atoms with van der Waals surface area (Å²) in [4.78, 5) is 20.7. The van der Waals surface area contributed by atoms with E-state index in [4.69, 9.17) is 0 Å². The zero-order valence-corrected chi connectivity index (χ0v) is 19.8. The molecule has 1 aliphatic rings. The largest absolute Gasteiger partial charge is 0.433 e. The average Bonchev–Trinajstić information content (AvgIpc) is 3.54. The summed E-state index contributed by atoms with van der Waals surface area (Å²) in [5, 5.41) is 4.17. The van der Waals surface area contributed by atoms with Crippen molar-refractivity contribution in [3.05, 3.63) is 59.4 Å². The predicted octanol–water partition coefficient (Wildman–Crippen LogP) is 5.04. The van der Waals surface area contributed by atoms with Gasteiger partial charge >= 0.3 is 6.18 Å². The van der Waals surface area contributed by atoms with Gasteiger partial charge in [-0.05, 0) is 50.5 Å². The van der Waals surface area contributed by atoms with Crippen molar-refractivity contribution in [1.29, 1.82) is 0 Å². The summed E-state index contributed by atoms with van der Waals surface area (Å²) in [6, 6.07) is 8.73. The van der Waals surface area contributed by atoms with Gasteiger partial charge < -0.3 is 5.32 Å². The lowest BCUT2D eigenvalue weighted by Gasteiger charge is -2.21. The fourth-order valence-electron chi connectivity index (χ4n) is 3.19. The molecular formula is C22H21F3N4O3S2. The van der Waals surface area contributed by atoms with Gasteiger partial charge in [0, 0.05) is 22.8 Å². The molecule has 0 radical (unpaired) electrons. The first kappa shape index (κ1) is 24.1. The Morgan fingerprint density at radius 3 is 2.41 bits per heavy atom. The lowest BCUT2D eigenvalue weighted by atomic mass is 9.89. The van der Waals surface area contributed by atoms with Gasteiger partial charge in [0.15, 0.2) is 10.8 Å². The highest BCUT2D eigenvalue weighted by molar-refractivity contribution is 7.93. The minimum absolute atomic E-state index is 0.0585. The van der Waals surface area contributed by atoms with Crippen molar-refractivity contribution < 1.29 is 26.4 Å². The van der Waals surface area contributed by atoms with E-state index in [9.17, 15) is 26.4 Å². The average molecular weight is 511 g/mol. The third kappa shape index (κ3) is 5.07. The molecule has 1 amide bonds. The van der Waals surface area contributed by atoms with Crippen LogP contribution in [-0.4, -0.2) is 29.5 Å². The highest BCUT2D eigenvalue weighted by Gasteiger charge is 2.38. The van der Waals surface area contributed by atoms with Gasteiger partial charge in [-0.25, -0.2) is 13.4 Å². The Bertz CT molecular complexity index is 1320. The molecule has 7 nitrogen and oxygen atoms in total. The van der Waals surface area contributed by atoms with E-state index in [0.717, 1.165) is 17.5 Å². The third-order valence-electron chi connectivity index (χ3n) is 5.43. The fourth-order valence-corrected chi connectivity index (χ4v) is 5.67. The van der Waals surface area contributed by atoms with Crippen LogP contribution in [0.5, 0.6) is 0 Å². The van der Waals surface area contributed by atoms with Crippen LogP contribution in [0.1, 0.15) is 38.1 Å². The van der Waals surface area contributed by atoms with Crippen LogP contribution in [0.15, 0.2) is 48.0 Å². The Balaban J connectivity index is 1.48. The number of alkyl halides is 3. The summed E-state index contributed by atoms with van der Waals surface area (Å²) < 4.78 is 66.4. The van der Waals surface area contributed by atoms with Crippen LogP contribution in [-0.2, 0) is 26.4 Å². The van der Waals surface area contributed by atoms with Crippen LogP contribution in [0.3, 0.4) is 0 Å². The summed E-state index contributed by atoms with van der Waals surface area (Å²) in [7, 11) is -3.46. The Labute approximate surface area is 198 Å². The standard InChI is InChI=1S/C22H21F3N4O3S2/c1-21(2,17-12-33-20(28-17)29-34(31,32)15-9-10-15)19(30)27-14-7-5-13(6-8-14)16-4-3-11-26-18(16)22(23,24)25/h3-8,11-12,15H,9-10H2,1-2H3,(H,27,30)(H,28,29). The Kier molecular flexibility index (Phi) is 6.15. The number of anilines is 2. The second-order valence-electron chi connectivity index (χ2n) is 8.44. The van der Waals surface area contributed by atoms with Crippen LogP contribution >= 0.6 is 11.3 Å². The van der Waals surface area contributed by atoms with Crippen molar-refractivity contribution in [2.75, 3.05) is 10.0 Å². The monoisotopic (exact) mass is 510 g/mol. The number of halogens is 3. The second-order valence-corrected chi connectivity index (χ2v) is 11.3. The molecule has 1 aliphatic carbocycles. The van der Waals surface area contributed by atoms with Gasteiger partial charge in [-0.2, -0.15) is 13.2 Å². The minimum Gasteiger partial charge on any atom is -0.325 e. The number of pyridine rings is 1. The molecule has 2 aromatic heterocycles. The smallest absolute Gasteiger partial charge is 0.325 e. The number of aromatic nitrogens is 2. The summed E-state index contributed by atoms with van der Waals surface area (Å²) >= 11 is 1.10. The van der Waals surface area contributed by atoms with Crippen molar-refractivity contribution in [3.63, 3.8) is 0 Å². The summed E-state index contributed by atoms with van der Waals surface area (Å²) in [6.45, 7) is 3.30. The molecule has 180 valence electrons. The van der Waals surface area contributed by atoms with E-state index in [2.05, 4.69) is 20.0 Å². The van der Waals surface area contributed by atoms with E-state index in [-0.39, 0.29) is 10.7 Å². The molecule has 1 aromatic carbocycles. The van der Waals surface area contributed by atoms with Crippen molar-refractivity contribution >= 4 is 38.1 Å². The molecule has 1 fully saturated rings. The molecule has 1 saturated carbocycles. The van der Waals surface area contributed by atoms with Crippen LogP contribution in [0.25, 0.3) is 11.1 Å². The fraction of sp³-hybridized carbons (Fsp3) is 0.318. The van der Waals surface area contributed by atoms with E-state index in [1.165, 1.54) is 36.4 Å². The highest BCUT2D eigenvalue weighted by atomic mass is 32.2. The number of rotatable bonds is 7. The van der Waals surface area contributed by atoms with E-state index in [0.29, 0.717) is 29.8 Å². The number of hydrogen-bond donors (Lipinski definition) is 2. The van der Waals surface area contributed by atoms with Crippen molar-refractivity contribution in [2.24, 2.45) is 0 Å². The molecule has 0 atom stereocenters. The molecule has 2 N–H and O–H groups in total. The number of carbonyl (C=O) groups excluding carboxylic acids is 1. The molecule has 12 heteroatoms. The molecule has 0 bridgehead atoms. The highest BCUT2D eigenvalue weighted by Crippen LogP contribution is 2.36. The molecule has 0 saturated heterocycles. The number of nitrogens with one attached hydrogen (secondary N) is 2. The molecule has 0 aliphatic heterocycles. The molecule has 2 heterocycles. The molecule has 0 unspecified atom stereocenters. The van der Waals surface area contributed by atoms with Gasteiger partial charge in [0.25, 0.3) is 0 Å². The van der Waals surface area contributed by atoms with Crippen LogP contribution in [0.2, 0.25) is 0 Å². The van der Waals surface area contributed by atoms with Gasteiger partial charge in [0.2, 0.25) is 15.9 Å². The van der Waals surface area contributed by atoms with Gasteiger partial charge in [-0.15, -0.1) is 11.3 Å². The Morgan fingerprint density at radius 2 is 1.79 bits per heavy atom. The van der Waals surface area contributed by atoms with Crippen LogP contribution in [0, 0.1) is 0 Å². The number of thiazole rings is 1. The lowest BCUT2D eigenvalue weighted by molar-refractivity contribution is -0.140. The second kappa shape index (κ2) is 8.66. The van der Waals surface area contributed by atoms with E-state index in [1.54, 1.807) is 19.2 Å². The SMILES string of the molecule is CC(C)(C(=O)Nc1ccc(-c2cccnc2C(F)(F)F)cc1)c1csc(NS(=O)(=O)C2CC2)n1. The van der Waals surface area contributed by atoms with Crippen molar-refractivity contribution in [1.82, 2.24) is 9.97 Å². The maximum atomic E-state index is 13.3. The molecular weight excluding hydrogens is 489 g/mol. The summed E-state index contributed by atoms with van der Waals surface area (Å²) in [5.74, 6) is -0.403. The Morgan fingerprint density at radius 1 is 1.12 bits per heavy atom. The van der Waals surface area contributed by atoms with E-state index in [1.807, 2.05) is 0 Å². The number of amides is 1. The van der Waals surface area contributed by atoms with Crippen molar-refractivity contribution in [3.8, 4) is 11.1 Å². The topological polar surface area (TPSA) is 101 Å². The first-order valence-electron chi connectivity index (χ1n) is 10.3. The van der Waals surface area contributed by atoms with Crippen molar-refractivity contribution in [2.45, 2.75) is 43.5 Å². The first-order chi connectivity index (χ1) is 15.9. The van der Waals surface area contributed by atoms with Gasteiger partial charge in [0.1, 0.15) is 0 Å². The molecule has 3 aromatic rings. The minimum atomic E-state index is -4.59. The Hall–Kier alpha value is -2.99. The van der Waals surface area contributed by atoms with Gasteiger partial charge in [0.05, 0.1) is 16.4 Å². The normalized spacial score (nSPS) is 14.6. The summed E-state index contributed by atoms with van der Waals surface area (Å²) in [6.07, 6.45) is -2.26. The number of hydrogen-bond acceptors (Lipinski definition) is 6. The molecule has 4 rings (SSSR count). The van der Waals surface area contributed by atoms with Crippen LogP contribution < -0.4 is 10.0 Å².